The van der Waals surface area contributed by atoms with Crippen LogP contribution in [0.2, 0.25) is 0 Å². The van der Waals surface area contributed by atoms with E-state index in [1.807, 2.05) is 7.05 Å². The summed E-state index contributed by atoms with van der Waals surface area (Å²) in [6.45, 7) is 3.90. The maximum atomic E-state index is 11.8. The fraction of sp³-hybridized carbons (Fsp3) is 0.562. The van der Waals surface area contributed by atoms with Gasteiger partial charge in [0.25, 0.3) is 0 Å². The number of carbonyl (C=O) groups is 1. The van der Waals surface area contributed by atoms with E-state index in [0.717, 1.165) is 19.5 Å². The summed E-state index contributed by atoms with van der Waals surface area (Å²) in [6.07, 6.45) is 3.86. The smallest absolute Gasteiger partial charge is 0.220 e. The van der Waals surface area contributed by atoms with Crippen LogP contribution in [0.3, 0.4) is 0 Å². The van der Waals surface area contributed by atoms with E-state index < -0.39 is 0 Å². The average molecular weight is 260 g/mol. The van der Waals surface area contributed by atoms with E-state index in [1.54, 1.807) is 0 Å². The molecule has 0 heterocycles. The van der Waals surface area contributed by atoms with Gasteiger partial charge in [0.2, 0.25) is 5.91 Å². The molecule has 0 saturated heterocycles. The predicted molar refractivity (Wildman–Crippen MR) is 78.1 cm³/mol. The Morgan fingerprint density at radius 1 is 1.21 bits per heavy atom. The molecule has 1 aliphatic rings. The van der Waals surface area contributed by atoms with Gasteiger partial charge in [-0.1, -0.05) is 29.8 Å². The van der Waals surface area contributed by atoms with Crippen LogP contribution in [0.1, 0.15) is 30.4 Å². The first-order valence-electron chi connectivity index (χ1n) is 7.10. The largest absolute Gasteiger partial charge is 0.355 e. The summed E-state index contributed by atoms with van der Waals surface area (Å²) in [5, 5.41) is 6.28. The first-order chi connectivity index (χ1) is 9.13. The van der Waals surface area contributed by atoms with Gasteiger partial charge in [0.1, 0.15) is 0 Å². The molecule has 2 N–H and O–H groups in total. The van der Waals surface area contributed by atoms with Gasteiger partial charge in [0.15, 0.2) is 0 Å². The molecule has 1 aromatic rings. The average Bonchev–Trinajstić information content (AvgIpc) is 3.17. The van der Waals surface area contributed by atoms with Gasteiger partial charge in [-0.05, 0) is 38.8 Å². The molecule has 1 aliphatic carbocycles. The summed E-state index contributed by atoms with van der Waals surface area (Å²) >= 11 is 0. The first-order valence-corrected chi connectivity index (χ1v) is 7.10. The summed E-state index contributed by atoms with van der Waals surface area (Å²) in [4.78, 5) is 11.8. The highest BCUT2D eigenvalue weighted by atomic mass is 16.1. The maximum absolute atomic E-state index is 11.8. The second-order valence-corrected chi connectivity index (χ2v) is 5.79. The van der Waals surface area contributed by atoms with Crippen LogP contribution < -0.4 is 10.6 Å². The van der Waals surface area contributed by atoms with Gasteiger partial charge in [-0.3, -0.25) is 4.79 Å². The first kappa shape index (κ1) is 14.1. The van der Waals surface area contributed by atoms with E-state index in [0.29, 0.717) is 11.8 Å². The molecule has 104 valence electrons. The highest BCUT2D eigenvalue weighted by molar-refractivity contribution is 5.76. The fourth-order valence-electron chi connectivity index (χ4n) is 2.35. The molecule has 3 nitrogen and oxygen atoms in total. The zero-order valence-electron chi connectivity index (χ0n) is 12.0. The standard InChI is InChI=1S/C16H24N2O/c1-13-3-5-14(6-4-13)7-8-15(19)18-12-16(9-10-16)11-17-2/h3-6,17H,7-12H2,1-2H3,(H,18,19). The van der Waals surface area contributed by atoms with Crippen LogP contribution in [0.5, 0.6) is 0 Å². The molecule has 0 aromatic heterocycles. The third-order valence-electron chi connectivity index (χ3n) is 3.93. The highest BCUT2D eigenvalue weighted by Crippen LogP contribution is 2.44. The van der Waals surface area contributed by atoms with Crippen LogP contribution in [-0.4, -0.2) is 26.0 Å². The van der Waals surface area contributed by atoms with Crippen LogP contribution >= 0.6 is 0 Å². The minimum atomic E-state index is 0.169. The topological polar surface area (TPSA) is 41.1 Å². The van der Waals surface area contributed by atoms with Crippen molar-refractivity contribution in [3.63, 3.8) is 0 Å². The van der Waals surface area contributed by atoms with Crippen molar-refractivity contribution in [3.8, 4) is 0 Å². The van der Waals surface area contributed by atoms with Crippen molar-refractivity contribution in [3.05, 3.63) is 35.4 Å². The van der Waals surface area contributed by atoms with Gasteiger partial charge in [-0.15, -0.1) is 0 Å². The van der Waals surface area contributed by atoms with Crippen molar-refractivity contribution in [2.75, 3.05) is 20.1 Å². The minimum absolute atomic E-state index is 0.169. The van der Waals surface area contributed by atoms with Crippen LogP contribution in [0.15, 0.2) is 24.3 Å². The van der Waals surface area contributed by atoms with Gasteiger partial charge in [0.05, 0.1) is 0 Å². The Hall–Kier alpha value is -1.35. The lowest BCUT2D eigenvalue weighted by molar-refractivity contribution is -0.121. The number of amides is 1. The number of hydrogen-bond acceptors (Lipinski definition) is 2. The van der Waals surface area contributed by atoms with Crippen molar-refractivity contribution in [1.29, 1.82) is 0 Å². The molecule has 19 heavy (non-hydrogen) atoms. The molecule has 1 aromatic carbocycles. The van der Waals surface area contributed by atoms with Gasteiger partial charge in [-0.2, -0.15) is 0 Å². The number of nitrogens with one attached hydrogen (secondary N) is 2. The summed E-state index contributed by atoms with van der Waals surface area (Å²) in [6, 6.07) is 8.40. The second-order valence-electron chi connectivity index (χ2n) is 5.79. The van der Waals surface area contributed by atoms with Crippen molar-refractivity contribution in [2.45, 2.75) is 32.6 Å². The van der Waals surface area contributed by atoms with Crippen LogP contribution in [0.25, 0.3) is 0 Å². The molecule has 0 atom stereocenters. The maximum Gasteiger partial charge on any atom is 0.220 e. The van der Waals surface area contributed by atoms with E-state index in [4.69, 9.17) is 0 Å². The zero-order chi connectivity index (χ0) is 13.7. The monoisotopic (exact) mass is 260 g/mol. The minimum Gasteiger partial charge on any atom is -0.355 e. The molecular weight excluding hydrogens is 236 g/mol. The Morgan fingerprint density at radius 2 is 1.89 bits per heavy atom. The third kappa shape index (κ3) is 4.35. The lowest BCUT2D eigenvalue weighted by atomic mass is 10.1. The Kier molecular flexibility index (Phi) is 4.59. The molecular formula is C16H24N2O. The number of rotatable bonds is 7. The van der Waals surface area contributed by atoms with Crippen molar-refractivity contribution < 1.29 is 4.79 Å². The molecule has 1 amide bonds. The predicted octanol–water partition coefficient (Wildman–Crippen LogP) is 2.04. The highest BCUT2D eigenvalue weighted by Gasteiger charge is 2.41. The van der Waals surface area contributed by atoms with Gasteiger partial charge in [-0.25, -0.2) is 0 Å². The quantitative estimate of drug-likeness (QED) is 0.788. The molecule has 0 aliphatic heterocycles. The molecule has 2 rings (SSSR count). The van der Waals surface area contributed by atoms with Gasteiger partial charge in [0, 0.05) is 24.9 Å². The Balaban J connectivity index is 1.69. The number of benzene rings is 1. The Labute approximate surface area is 115 Å². The second kappa shape index (κ2) is 6.20. The summed E-state index contributed by atoms with van der Waals surface area (Å²) in [7, 11) is 1.97. The number of aryl methyl sites for hydroxylation is 2. The van der Waals surface area contributed by atoms with Gasteiger partial charge < -0.3 is 10.6 Å². The summed E-state index contributed by atoms with van der Waals surface area (Å²) in [5.74, 6) is 0.169. The lowest BCUT2D eigenvalue weighted by Gasteiger charge is -2.15. The molecule has 1 saturated carbocycles. The molecule has 0 spiro atoms. The molecule has 0 bridgehead atoms. The number of hydrogen-bond donors (Lipinski definition) is 2. The van der Waals surface area contributed by atoms with Crippen molar-refractivity contribution in [1.82, 2.24) is 10.6 Å². The van der Waals surface area contributed by atoms with E-state index in [1.165, 1.54) is 24.0 Å². The molecule has 0 unspecified atom stereocenters. The Bertz CT molecular complexity index is 421. The van der Waals surface area contributed by atoms with Crippen molar-refractivity contribution >= 4 is 5.91 Å². The zero-order valence-corrected chi connectivity index (χ0v) is 12.0. The molecule has 0 radical (unpaired) electrons. The van der Waals surface area contributed by atoms with E-state index >= 15 is 0 Å². The van der Waals surface area contributed by atoms with Crippen LogP contribution in [0, 0.1) is 12.3 Å². The van der Waals surface area contributed by atoms with Crippen molar-refractivity contribution in [2.24, 2.45) is 5.41 Å². The van der Waals surface area contributed by atoms with E-state index in [2.05, 4.69) is 41.8 Å². The normalized spacial score (nSPS) is 16.1. The summed E-state index contributed by atoms with van der Waals surface area (Å²) < 4.78 is 0. The third-order valence-corrected chi connectivity index (χ3v) is 3.93. The number of carbonyl (C=O) groups excluding carboxylic acids is 1. The lowest BCUT2D eigenvalue weighted by Crippen LogP contribution is -2.34. The van der Waals surface area contributed by atoms with Gasteiger partial charge >= 0.3 is 0 Å². The SMILES string of the molecule is CNCC1(CNC(=O)CCc2ccc(C)cc2)CC1. The molecule has 3 heteroatoms. The Morgan fingerprint density at radius 3 is 2.47 bits per heavy atom. The van der Waals surface area contributed by atoms with E-state index in [9.17, 15) is 4.79 Å². The van der Waals surface area contributed by atoms with E-state index in [-0.39, 0.29) is 5.91 Å². The molecule has 1 fully saturated rings. The van der Waals surface area contributed by atoms with Crippen LogP contribution in [-0.2, 0) is 11.2 Å². The fourth-order valence-corrected chi connectivity index (χ4v) is 2.35. The summed E-state index contributed by atoms with van der Waals surface area (Å²) in [5.41, 5.74) is 2.84. The van der Waals surface area contributed by atoms with Crippen LogP contribution in [0.4, 0.5) is 0 Å².